The molecule has 10 rings (SSSR count). The van der Waals surface area contributed by atoms with Crippen LogP contribution in [0, 0.1) is 11.3 Å². The lowest BCUT2D eigenvalue weighted by atomic mass is 10.0. The summed E-state index contributed by atoms with van der Waals surface area (Å²) in [7, 11) is 0. The minimum absolute atomic E-state index is 0.650. The highest BCUT2D eigenvalue weighted by atomic mass is 32.1. The van der Waals surface area contributed by atoms with Gasteiger partial charge in [-0.05, 0) is 70.8 Å². The molecule has 0 spiro atoms. The standard InChI is InChI=1S/C47H28N4S/c48-29-30-14-16-31(17-15-30)32-18-20-33(21-19-32)41-28-46(50-47(49-41)34-8-2-1-3-9-34)51-42-12-6-4-10-37(42)39-26-35(22-24-43(39)51)36-23-25-45-40(27-36)38-11-5-7-13-44(38)52-45/h1-28H. The van der Waals surface area contributed by atoms with E-state index in [4.69, 9.17) is 9.97 Å². The zero-order valence-electron chi connectivity index (χ0n) is 27.9. The first-order valence-corrected chi connectivity index (χ1v) is 18.0. The molecule has 0 aliphatic heterocycles. The molecule has 0 radical (unpaired) electrons. The minimum atomic E-state index is 0.650. The lowest BCUT2D eigenvalue weighted by Crippen LogP contribution is -2.02. The Hall–Kier alpha value is -6.87. The smallest absolute Gasteiger partial charge is 0.162 e. The third-order valence-corrected chi connectivity index (χ3v) is 11.0. The fourth-order valence-corrected chi connectivity index (χ4v) is 8.38. The van der Waals surface area contributed by atoms with Gasteiger partial charge in [0.15, 0.2) is 5.82 Å². The molecule has 52 heavy (non-hydrogen) atoms. The van der Waals surface area contributed by atoms with Gasteiger partial charge in [-0.2, -0.15) is 5.26 Å². The van der Waals surface area contributed by atoms with Gasteiger partial charge in [0.2, 0.25) is 0 Å². The van der Waals surface area contributed by atoms with Crippen LogP contribution in [0.1, 0.15) is 5.56 Å². The molecule has 0 amide bonds. The molecule has 4 nitrogen and oxygen atoms in total. The molecule has 0 unspecified atom stereocenters. The van der Waals surface area contributed by atoms with E-state index < -0.39 is 0 Å². The lowest BCUT2D eigenvalue weighted by molar-refractivity contribution is 1.05. The second kappa shape index (κ2) is 12.2. The Bertz CT molecular complexity index is 3000. The third-order valence-electron chi connectivity index (χ3n) is 9.88. The van der Waals surface area contributed by atoms with Crippen LogP contribution in [-0.4, -0.2) is 14.5 Å². The first-order valence-electron chi connectivity index (χ1n) is 17.2. The maximum atomic E-state index is 9.22. The summed E-state index contributed by atoms with van der Waals surface area (Å²) in [5.74, 6) is 1.48. The van der Waals surface area contributed by atoms with E-state index >= 15 is 0 Å². The van der Waals surface area contributed by atoms with E-state index in [0.717, 1.165) is 44.8 Å². The number of fused-ring (bicyclic) bond motifs is 6. The highest BCUT2D eigenvalue weighted by molar-refractivity contribution is 7.25. The molecule has 242 valence electrons. The Kier molecular flexibility index (Phi) is 7.02. The average molecular weight is 681 g/mol. The number of thiophene rings is 1. The van der Waals surface area contributed by atoms with Crippen LogP contribution in [-0.2, 0) is 0 Å². The van der Waals surface area contributed by atoms with Crippen molar-refractivity contribution in [1.82, 2.24) is 14.5 Å². The molecule has 0 saturated carbocycles. The lowest BCUT2D eigenvalue weighted by Gasteiger charge is -2.12. The van der Waals surface area contributed by atoms with Gasteiger partial charge in [-0.15, -0.1) is 11.3 Å². The third kappa shape index (κ3) is 5.05. The summed E-state index contributed by atoms with van der Waals surface area (Å²) >= 11 is 1.85. The first kappa shape index (κ1) is 30.0. The maximum absolute atomic E-state index is 9.22. The topological polar surface area (TPSA) is 54.5 Å². The SMILES string of the molecule is N#Cc1ccc(-c2ccc(-c3cc(-n4c5ccccc5c5cc(-c6ccc7sc8ccccc8c7c6)ccc54)nc(-c4ccccc4)n3)cc2)cc1. The van der Waals surface area contributed by atoms with Crippen LogP contribution in [0.2, 0.25) is 0 Å². The highest BCUT2D eigenvalue weighted by Gasteiger charge is 2.18. The van der Waals surface area contributed by atoms with Crippen molar-refractivity contribution >= 4 is 53.3 Å². The van der Waals surface area contributed by atoms with E-state index in [1.807, 2.05) is 53.8 Å². The fourth-order valence-electron chi connectivity index (χ4n) is 7.29. The number of hydrogen-bond donors (Lipinski definition) is 0. The second-order valence-corrected chi connectivity index (χ2v) is 14.0. The number of nitriles is 1. The van der Waals surface area contributed by atoms with Crippen LogP contribution in [0.3, 0.4) is 0 Å². The molecule has 3 aromatic heterocycles. The summed E-state index contributed by atoms with van der Waals surface area (Å²) in [6, 6.07) is 61.5. The Labute approximate surface area is 304 Å². The van der Waals surface area contributed by atoms with Gasteiger partial charge in [-0.25, -0.2) is 9.97 Å². The zero-order chi connectivity index (χ0) is 34.6. The molecule has 0 bridgehead atoms. The van der Waals surface area contributed by atoms with Crippen molar-refractivity contribution in [1.29, 1.82) is 5.26 Å². The Morgan fingerprint density at radius 1 is 0.442 bits per heavy atom. The number of nitrogens with zero attached hydrogens (tertiary/aromatic N) is 4. The van der Waals surface area contributed by atoms with E-state index in [1.165, 1.54) is 42.1 Å². The van der Waals surface area contributed by atoms with Crippen molar-refractivity contribution < 1.29 is 0 Å². The number of para-hydroxylation sites is 1. The predicted molar refractivity (Wildman–Crippen MR) is 216 cm³/mol. The van der Waals surface area contributed by atoms with Gasteiger partial charge in [0.25, 0.3) is 0 Å². The second-order valence-electron chi connectivity index (χ2n) is 13.0. The van der Waals surface area contributed by atoms with Crippen molar-refractivity contribution in [3.05, 3.63) is 175 Å². The normalized spacial score (nSPS) is 11.4. The Balaban J connectivity index is 1.13. The summed E-state index contributed by atoms with van der Waals surface area (Å²) in [5, 5.41) is 14.2. The minimum Gasteiger partial charge on any atom is -0.294 e. The molecular weight excluding hydrogens is 653 g/mol. The summed E-state index contributed by atoms with van der Waals surface area (Å²) in [6.07, 6.45) is 0. The number of rotatable bonds is 5. The van der Waals surface area contributed by atoms with Gasteiger partial charge in [0.05, 0.1) is 28.4 Å². The number of hydrogen-bond acceptors (Lipinski definition) is 4. The molecule has 5 heteroatoms. The molecule has 0 aliphatic carbocycles. The van der Waals surface area contributed by atoms with Crippen LogP contribution < -0.4 is 0 Å². The van der Waals surface area contributed by atoms with Crippen molar-refractivity contribution in [2.75, 3.05) is 0 Å². The first-order chi connectivity index (χ1) is 25.7. The largest absolute Gasteiger partial charge is 0.294 e. The highest BCUT2D eigenvalue weighted by Crippen LogP contribution is 2.39. The van der Waals surface area contributed by atoms with E-state index in [-0.39, 0.29) is 0 Å². The fraction of sp³-hybridized carbons (Fsp3) is 0. The predicted octanol–water partition coefficient (Wildman–Crippen LogP) is 12.5. The van der Waals surface area contributed by atoms with E-state index in [1.54, 1.807) is 0 Å². The molecule has 0 aliphatic rings. The van der Waals surface area contributed by atoms with Crippen LogP contribution >= 0.6 is 11.3 Å². The van der Waals surface area contributed by atoms with Crippen LogP contribution in [0.25, 0.3) is 92.7 Å². The monoisotopic (exact) mass is 680 g/mol. The summed E-state index contributed by atoms with van der Waals surface area (Å²) < 4.78 is 4.89. The molecular formula is C47H28N4S. The van der Waals surface area contributed by atoms with Crippen LogP contribution in [0.15, 0.2) is 170 Å². The Morgan fingerprint density at radius 3 is 1.83 bits per heavy atom. The molecule has 0 saturated heterocycles. The van der Waals surface area contributed by atoms with Gasteiger partial charge in [0.1, 0.15) is 5.82 Å². The van der Waals surface area contributed by atoms with E-state index in [2.05, 4.69) is 138 Å². The summed E-state index contributed by atoms with van der Waals surface area (Å²) in [6.45, 7) is 0. The summed E-state index contributed by atoms with van der Waals surface area (Å²) in [5.41, 5.74) is 10.2. The van der Waals surface area contributed by atoms with Crippen molar-refractivity contribution in [2.24, 2.45) is 0 Å². The summed E-state index contributed by atoms with van der Waals surface area (Å²) in [4.78, 5) is 10.3. The maximum Gasteiger partial charge on any atom is 0.162 e. The molecule has 10 aromatic rings. The molecule has 3 heterocycles. The number of aromatic nitrogens is 3. The molecule has 0 fully saturated rings. The van der Waals surface area contributed by atoms with Gasteiger partial charge in [-0.3, -0.25) is 4.57 Å². The number of benzene rings is 7. The molecule has 0 N–H and O–H groups in total. The van der Waals surface area contributed by atoms with Crippen molar-refractivity contribution in [3.8, 4) is 56.8 Å². The quantitative estimate of drug-likeness (QED) is 0.182. The van der Waals surface area contributed by atoms with Gasteiger partial charge in [0, 0.05) is 48.1 Å². The van der Waals surface area contributed by atoms with Crippen LogP contribution in [0.5, 0.6) is 0 Å². The van der Waals surface area contributed by atoms with E-state index in [0.29, 0.717) is 11.4 Å². The van der Waals surface area contributed by atoms with Crippen molar-refractivity contribution in [2.45, 2.75) is 0 Å². The van der Waals surface area contributed by atoms with Gasteiger partial charge < -0.3 is 0 Å². The van der Waals surface area contributed by atoms with Gasteiger partial charge >= 0.3 is 0 Å². The van der Waals surface area contributed by atoms with Gasteiger partial charge in [-0.1, -0.05) is 115 Å². The zero-order valence-corrected chi connectivity index (χ0v) is 28.7. The Morgan fingerprint density at radius 2 is 1.04 bits per heavy atom. The van der Waals surface area contributed by atoms with Crippen molar-refractivity contribution in [3.63, 3.8) is 0 Å². The van der Waals surface area contributed by atoms with Crippen LogP contribution in [0.4, 0.5) is 0 Å². The molecule has 0 atom stereocenters. The average Bonchev–Trinajstić information content (AvgIpc) is 3.76. The molecule has 7 aromatic carbocycles. The van der Waals surface area contributed by atoms with E-state index in [9.17, 15) is 5.26 Å².